The molecule has 4 rings (SSSR count). The number of benzene rings is 3. The van der Waals surface area contributed by atoms with Crippen molar-refractivity contribution < 1.29 is 18.7 Å². The Morgan fingerprint density at radius 2 is 1.74 bits per heavy atom. The highest BCUT2D eigenvalue weighted by molar-refractivity contribution is 6.01. The molecular formula is C32H34FN3O3. The summed E-state index contributed by atoms with van der Waals surface area (Å²) in [6, 6.07) is 20.3. The van der Waals surface area contributed by atoms with E-state index in [1.807, 2.05) is 55.5 Å². The molecule has 0 radical (unpaired) electrons. The van der Waals surface area contributed by atoms with Crippen LogP contribution in [0.3, 0.4) is 0 Å². The van der Waals surface area contributed by atoms with Gasteiger partial charge in [-0.3, -0.25) is 0 Å². The van der Waals surface area contributed by atoms with Crippen molar-refractivity contribution in [1.82, 2.24) is 4.98 Å². The molecule has 4 aromatic rings. The lowest BCUT2D eigenvalue weighted by atomic mass is 9.90. The van der Waals surface area contributed by atoms with E-state index in [0.717, 1.165) is 23.5 Å². The standard InChI is InChI=1S/C32H34FN3O3/c1-20(2)17-35-29-14-11-23(19-36-29)30-21(3)31(38-4)26(16-27(30)32(37)39-5)25-13-12-24(15-28(25)33)34-18-22-9-7-6-8-10-22/h6-16,19-20,34H,17-18H2,1-5H3,(H,35,36). The van der Waals surface area contributed by atoms with Gasteiger partial charge in [-0.15, -0.1) is 0 Å². The van der Waals surface area contributed by atoms with E-state index < -0.39 is 11.8 Å². The summed E-state index contributed by atoms with van der Waals surface area (Å²) in [5, 5.41) is 6.55. The fraction of sp³-hybridized carbons (Fsp3) is 0.250. The van der Waals surface area contributed by atoms with Crippen LogP contribution in [-0.2, 0) is 11.3 Å². The van der Waals surface area contributed by atoms with Crippen LogP contribution in [0, 0.1) is 18.7 Å². The first-order chi connectivity index (χ1) is 18.8. The Balaban J connectivity index is 1.73. The maximum Gasteiger partial charge on any atom is 0.338 e. The Morgan fingerprint density at radius 1 is 0.974 bits per heavy atom. The number of pyridine rings is 1. The molecule has 6 nitrogen and oxygen atoms in total. The molecule has 202 valence electrons. The predicted molar refractivity (Wildman–Crippen MR) is 155 cm³/mol. The van der Waals surface area contributed by atoms with Crippen molar-refractivity contribution in [3.8, 4) is 28.0 Å². The van der Waals surface area contributed by atoms with Gasteiger partial charge in [0.2, 0.25) is 0 Å². The second kappa shape index (κ2) is 12.4. The van der Waals surface area contributed by atoms with E-state index in [-0.39, 0.29) is 0 Å². The molecule has 39 heavy (non-hydrogen) atoms. The number of anilines is 2. The maximum atomic E-state index is 15.5. The normalized spacial score (nSPS) is 10.8. The number of rotatable bonds is 10. The number of ether oxygens (including phenoxy) is 2. The molecule has 7 heteroatoms. The minimum atomic E-state index is -0.527. The number of carbonyl (C=O) groups is 1. The van der Waals surface area contributed by atoms with E-state index in [0.29, 0.717) is 51.7 Å². The molecule has 1 aromatic heterocycles. The van der Waals surface area contributed by atoms with E-state index in [4.69, 9.17) is 9.47 Å². The summed E-state index contributed by atoms with van der Waals surface area (Å²) < 4.78 is 26.4. The third kappa shape index (κ3) is 6.37. The van der Waals surface area contributed by atoms with E-state index in [1.165, 1.54) is 20.3 Å². The van der Waals surface area contributed by atoms with Crippen LogP contribution in [0.5, 0.6) is 5.75 Å². The largest absolute Gasteiger partial charge is 0.496 e. The molecule has 0 aliphatic heterocycles. The van der Waals surface area contributed by atoms with E-state index in [2.05, 4.69) is 29.5 Å². The first-order valence-electron chi connectivity index (χ1n) is 12.9. The van der Waals surface area contributed by atoms with Crippen molar-refractivity contribution in [1.29, 1.82) is 0 Å². The fourth-order valence-corrected chi connectivity index (χ4v) is 4.50. The van der Waals surface area contributed by atoms with Crippen LogP contribution in [-0.4, -0.2) is 31.7 Å². The van der Waals surface area contributed by atoms with Crippen LogP contribution in [0.15, 0.2) is 72.9 Å². The zero-order valence-electron chi connectivity index (χ0n) is 23.0. The smallest absolute Gasteiger partial charge is 0.338 e. The average Bonchev–Trinajstić information content (AvgIpc) is 2.95. The molecule has 0 aliphatic carbocycles. The van der Waals surface area contributed by atoms with Crippen LogP contribution < -0.4 is 15.4 Å². The van der Waals surface area contributed by atoms with Gasteiger partial charge in [0.05, 0.1) is 19.8 Å². The van der Waals surface area contributed by atoms with Crippen LogP contribution in [0.4, 0.5) is 15.9 Å². The quantitative estimate of drug-likeness (QED) is 0.210. The summed E-state index contributed by atoms with van der Waals surface area (Å²) in [6.45, 7) is 7.47. The molecule has 0 saturated carbocycles. The summed E-state index contributed by atoms with van der Waals surface area (Å²) in [6.07, 6.45) is 1.71. The number of esters is 1. The van der Waals surface area contributed by atoms with Gasteiger partial charge in [-0.2, -0.15) is 0 Å². The molecule has 0 fully saturated rings. The van der Waals surface area contributed by atoms with Gasteiger partial charge in [0.15, 0.2) is 0 Å². The molecule has 0 atom stereocenters. The zero-order valence-corrected chi connectivity index (χ0v) is 23.0. The Kier molecular flexibility index (Phi) is 8.81. The minimum absolute atomic E-state index is 0.307. The van der Waals surface area contributed by atoms with Gasteiger partial charge in [0.1, 0.15) is 17.4 Å². The number of methoxy groups -OCH3 is 2. The molecule has 0 spiro atoms. The molecule has 0 bridgehead atoms. The van der Waals surface area contributed by atoms with Crippen molar-refractivity contribution in [2.45, 2.75) is 27.3 Å². The van der Waals surface area contributed by atoms with Crippen LogP contribution in [0.1, 0.15) is 35.3 Å². The van der Waals surface area contributed by atoms with Gasteiger partial charge in [-0.1, -0.05) is 44.2 Å². The van der Waals surface area contributed by atoms with Gasteiger partial charge in [-0.05, 0) is 54.8 Å². The van der Waals surface area contributed by atoms with Crippen LogP contribution in [0.25, 0.3) is 22.3 Å². The molecule has 0 amide bonds. The number of nitrogens with zero attached hydrogens (tertiary/aromatic N) is 1. The first-order valence-corrected chi connectivity index (χ1v) is 12.9. The number of halogens is 1. The monoisotopic (exact) mass is 527 g/mol. The number of hydrogen-bond donors (Lipinski definition) is 2. The van der Waals surface area contributed by atoms with E-state index in [9.17, 15) is 4.79 Å². The highest BCUT2D eigenvalue weighted by Crippen LogP contribution is 2.42. The Hall–Kier alpha value is -4.39. The summed E-state index contributed by atoms with van der Waals surface area (Å²) in [7, 11) is 2.87. The maximum absolute atomic E-state index is 15.5. The lowest BCUT2D eigenvalue weighted by Gasteiger charge is -2.20. The summed E-state index contributed by atoms with van der Waals surface area (Å²) in [4.78, 5) is 17.5. The number of hydrogen-bond acceptors (Lipinski definition) is 6. The average molecular weight is 528 g/mol. The molecule has 0 saturated heterocycles. The van der Waals surface area contributed by atoms with Crippen molar-refractivity contribution in [3.05, 3.63) is 95.4 Å². The number of carbonyl (C=O) groups excluding carboxylic acids is 1. The second-order valence-corrected chi connectivity index (χ2v) is 9.74. The predicted octanol–water partition coefficient (Wildman–Crippen LogP) is 7.34. The zero-order chi connectivity index (χ0) is 27.9. The van der Waals surface area contributed by atoms with Gasteiger partial charge >= 0.3 is 5.97 Å². The Bertz CT molecular complexity index is 1440. The topological polar surface area (TPSA) is 72.5 Å². The minimum Gasteiger partial charge on any atom is -0.496 e. The van der Waals surface area contributed by atoms with E-state index in [1.54, 1.807) is 18.3 Å². The van der Waals surface area contributed by atoms with Crippen molar-refractivity contribution in [2.75, 3.05) is 31.4 Å². The first kappa shape index (κ1) is 27.6. The molecule has 3 aromatic carbocycles. The molecule has 0 unspecified atom stereocenters. The Morgan fingerprint density at radius 3 is 2.36 bits per heavy atom. The van der Waals surface area contributed by atoms with E-state index >= 15 is 4.39 Å². The summed E-state index contributed by atoms with van der Waals surface area (Å²) in [5.41, 5.74) is 4.89. The summed E-state index contributed by atoms with van der Waals surface area (Å²) >= 11 is 0. The second-order valence-electron chi connectivity index (χ2n) is 9.74. The fourth-order valence-electron chi connectivity index (χ4n) is 4.50. The third-order valence-electron chi connectivity index (χ3n) is 6.47. The van der Waals surface area contributed by atoms with Crippen LogP contribution in [0.2, 0.25) is 0 Å². The summed E-state index contributed by atoms with van der Waals surface area (Å²) in [5.74, 6) is 0.739. The Labute approximate surface area is 229 Å². The lowest BCUT2D eigenvalue weighted by Crippen LogP contribution is -2.10. The van der Waals surface area contributed by atoms with Gasteiger partial charge < -0.3 is 20.1 Å². The number of aromatic nitrogens is 1. The van der Waals surface area contributed by atoms with Crippen LogP contribution >= 0.6 is 0 Å². The molecular weight excluding hydrogens is 493 g/mol. The third-order valence-corrected chi connectivity index (χ3v) is 6.47. The SMILES string of the molecule is COC(=O)c1cc(-c2ccc(NCc3ccccc3)cc2F)c(OC)c(C)c1-c1ccc(NCC(C)C)nc1. The van der Waals surface area contributed by atoms with Gasteiger partial charge in [-0.25, -0.2) is 14.2 Å². The van der Waals surface area contributed by atoms with Crippen molar-refractivity contribution in [2.24, 2.45) is 5.92 Å². The van der Waals surface area contributed by atoms with Crippen molar-refractivity contribution in [3.63, 3.8) is 0 Å². The van der Waals surface area contributed by atoms with Crippen molar-refractivity contribution >= 4 is 17.5 Å². The molecule has 2 N–H and O–H groups in total. The van der Waals surface area contributed by atoms with Gasteiger partial charge in [0.25, 0.3) is 0 Å². The lowest BCUT2D eigenvalue weighted by molar-refractivity contribution is 0.0601. The van der Waals surface area contributed by atoms with Gasteiger partial charge in [0, 0.05) is 52.8 Å². The molecule has 0 aliphatic rings. The highest BCUT2D eigenvalue weighted by atomic mass is 19.1. The molecule has 1 heterocycles. The number of nitrogens with one attached hydrogen (secondary N) is 2. The highest BCUT2D eigenvalue weighted by Gasteiger charge is 2.24.